The first-order valence-electron chi connectivity index (χ1n) is 7.15. The first-order chi connectivity index (χ1) is 9.74. The third-order valence-corrected chi connectivity index (χ3v) is 3.11. The second-order valence-electron chi connectivity index (χ2n) is 4.74. The van der Waals surface area contributed by atoms with Gasteiger partial charge in [0.25, 0.3) is 0 Å². The van der Waals surface area contributed by atoms with Crippen molar-refractivity contribution in [3.8, 4) is 5.75 Å². The largest absolute Gasteiger partial charge is 0.494 e. The van der Waals surface area contributed by atoms with Crippen molar-refractivity contribution in [1.29, 1.82) is 0 Å². The molecule has 1 N–H and O–H groups in total. The summed E-state index contributed by atoms with van der Waals surface area (Å²) in [5.74, 6) is 0.814. The summed E-state index contributed by atoms with van der Waals surface area (Å²) in [7, 11) is 0. The second-order valence-corrected chi connectivity index (χ2v) is 4.74. The summed E-state index contributed by atoms with van der Waals surface area (Å²) in [6.45, 7) is 6.18. The molecule has 0 saturated heterocycles. The van der Waals surface area contributed by atoms with Crippen LogP contribution in [0.15, 0.2) is 33.5 Å². The fourth-order valence-corrected chi connectivity index (χ4v) is 1.95. The van der Waals surface area contributed by atoms with Gasteiger partial charge in [-0.25, -0.2) is 4.79 Å². The number of benzene rings is 1. The minimum Gasteiger partial charge on any atom is -0.494 e. The van der Waals surface area contributed by atoms with Gasteiger partial charge in [0.1, 0.15) is 11.3 Å². The molecule has 0 fully saturated rings. The van der Waals surface area contributed by atoms with Crippen molar-refractivity contribution >= 4 is 11.0 Å². The molecule has 4 nitrogen and oxygen atoms in total. The monoisotopic (exact) mass is 275 g/mol. The molecule has 1 heterocycles. The van der Waals surface area contributed by atoms with Crippen LogP contribution in [0.4, 0.5) is 0 Å². The molecule has 0 aliphatic heterocycles. The van der Waals surface area contributed by atoms with Crippen LogP contribution >= 0.6 is 0 Å². The van der Waals surface area contributed by atoms with E-state index < -0.39 is 0 Å². The van der Waals surface area contributed by atoms with Gasteiger partial charge >= 0.3 is 5.63 Å². The average molecular weight is 275 g/mol. The van der Waals surface area contributed by atoms with Crippen LogP contribution in [0.25, 0.3) is 11.0 Å². The molecule has 2 rings (SSSR count). The molecule has 0 spiro atoms. The molecule has 0 saturated carbocycles. The number of hydrogen-bond acceptors (Lipinski definition) is 4. The van der Waals surface area contributed by atoms with Crippen molar-refractivity contribution in [3.63, 3.8) is 0 Å². The van der Waals surface area contributed by atoms with E-state index in [2.05, 4.69) is 12.2 Å². The maximum absolute atomic E-state index is 11.8. The Morgan fingerprint density at radius 3 is 2.85 bits per heavy atom. The highest BCUT2D eigenvalue weighted by Crippen LogP contribution is 2.20. The van der Waals surface area contributed by atoms with Crippen molar-refractivity contribution in [2.75, 3.05) is 13.2 Å². The molecule has 0 bridgehead atoms. The molecule has 0 aliphatic rings. The molecule has 1 aromatic heterocycles. The second kappa shape index (κ2) is 7.10. The maximum atomic E-state index is 11.8. The van der Waals surface area contributed by atoms with Crippen LogP contribution in [0.1, 0.15) is 32.3 Å². The van der Waals surface area contributed by atoms with Crippen molar-refractivity contribution < 1.29 is 9.15 Å². The van der Waals surface area contributed by atoms with Gasteiger partial charge in [-0.15, -0.1) is 0 Å². The van der Waals surface area contributed by atoms with E-state index in [1.165, 1.54) is 0 Å². The lowest BCUT2D eigenvalue weighted by Crippen LogP contribution is -2.18. The molecular weight excluding hydrogens is 254 g/mol. The molecule has 1 aromatic carbocycles. The van der Waals surface area contributed by atoms with Crippen LogP contribution in [-0.2, 0) is 6.54 Å². The van der Waals surface area contributed by atoms with Gasteiger partial charge in [0.2, 0.25) is 0 Å². The number of unbranched alkanes of at least 4 members (excludes halogenated alkanes) is 1. The fourth-order valence-electron chi connectivity index (χ4n) is 1.95. The maximum Gasteiger partial charge on any atom is 0.340 e. The van der Waals surface area contributed by atoms with Crippen molar-refractivity contribution in [3.05, 3.63) is 40.2 Å². The first-order valence-corrected chi connectivity index (χ1v) is 7.15. The summed E-state index contributed by atoms with van der Waals surface area (Å²) in [6.07, 6.45) is 2.14. The minimum atomic E-state index is -0.280. The minimum absolute atomic E-state index is 0.280. The highest BCUT2D eigenvalue weighted by molar-refractivity contribution is 5.78. The van der Waals surface area contributed by atoms with Crippen LogP contribution < -0.4 is 15.7 Å². The Morgan fingerprint density at radius 2 is 2.10 bits per heavy atom. The number of ether oxygens (including phenoxy) is 1. The Balaban J connectivity index is 2.25. The molecule has 20 heavy (non-hydrogen) atoms. The van der Waals surface area contributed by atoms with Crippen molar-refractivity contribution in [1.82, 2.24) is 5.32 Å². The van der Waals surface area contributed by atoms with E-state index in [1.807, 2.05) is 25.1 Å². The molecule has 0 aliphatic carbocycles. The van der Waals surface area contributed by atoms with Crippen LogP contribution in [0.3, 0.4) is 0 Å². The molecular formula is C16H21NO3. The Hall–Kier alpha value is -1.81. The summed E-state index contributed by atoms with van der Waals surface area (Å²) in [5, 5.41) is 4.03. The molecule has 0 radical (unpaired) electrons. The van der Waals surface area contributed by atoms with Gasteiger partial charge in [0.15, 0.2) is 0 Å². The number of hydrogen-bond donors (Lipinski definition) is 1. The van der Waals surface area contributed by atoms with Gasteiger partial charge in [-0.1, -0.05) is 20.3 Å². The Morgan fingerprint density at radius 1 is 1.25 bits per heavy atom. The zero-order valence-corrected chi connectivity index (χ0v) is 12.1. The van der Waals surface area contributed by atoms with E-state index in [9.17, 15) is 4.79 Å². The predicted octanol–water partition coefficient (Wildman–Crippen LogP) is 3.08. The quantitative estimate of drug-likeness (QED) is 0.623. The van der Waals surface area contributed by atoms with Gasteiger partial charge < -0.3 is 14.5 Å². The van der Waals surface area contributed by atoms with E-state index >= 15 is 0 Å². The molecule has 2 aromatic rings. The van der Waals surface area contributed by atoms with Gasteiger partial charge in [-0.3, -0.25) is 0 Å². The van der Waals surface area contributed by atoms with Crippen LogP contribution in [-0.4, -0.2) is 13.2 Å². The van der Waals surface area contributed by atoms with Gasteiger partial charge in [-0.05, 0) is 37.2 Å². The SMILES string of the molecule is CCCCOc1ccc2oc(=O)c(CNCC)cc2c1. The Bertz CT molecular complexity index is 619. The number of rotatable bonds is 7. The zero-order valence-electron chi connectivity index (χ0n) is 12.1. The van der Waals surface area contributed by atoms with Crippen molar-refractivity contribution in [2.24, 2.45) is 0 Å². The highest BCUT2D eigenvalue weighted by Gasteiger charge is 2.06. The van der Waals surface area contributed by atoms with Gasteiger partial charge in [0, 0.05) is 11.9 Å². The summed E-state index contributed by atoms with van der Waals surface area (Å²) in [5.41, 5.74) is 0.959. The normalized spacial score (nSPS) is 10.9. The summed E-state index contributed by atoms with van der Waals surface area (Å²) >= 11 is 0. The lowest BCUT2D eigenvalue weighted by atomic mass is 10.2. The fraction of sp³-hybridized carbons (Fsp3) is 0.438. The highest BCUT2D eigenvalue weighted by atomic mass is 16.5. The Labute approximate surface area is 118 Å². The topological polar surface area (TPSA) is 51.5 Å². The van der Waals surface area contributed by atoms with Crippen molar-refractivity contribution in [2.45, 2.75) is 33.2 Å². The van der Waals surface area contributed by atoms with Crippen LogP contribution in [0, 0.1) is 0 Å². The first kappa shape index (κ1) is 14.6. The summed E-state index contributed by atoms with van der Waals surface area (Å²) < 4.78 is 11.0. The number of nitrogens with one attached hydrogen (secondary N) is 1. The summed E-state index contributed by atoms with van der Waals surface area (Å²) in [4.78, 5) is 11.8. The van der Waals surface area contributed by atoms with Gasteiger partial charge in [-0.2, -0.15) is 0 Å². The zero-order chi connectivity index (χ0) is 14.4. The van der Waals surface area contributed by atoms with Crippen LogP contribution in [0.5, 0.6) is 5.75 Å². The molecule has 108 valence electrons. The lowest BCUT2D eigenvalue weighted by Gasteiger charge is -2.07. The molecule has 4 heteroatoms. The van der Waals surface area contributed by atoms with E-state index in [0.29, 0.717) is 24.3 Å². The third-order valence-electron chi connectivity index (χ3n) is 3.11. The predicted molar refractivity (Wildman–Crippen MR) is 80.3 cm³/mol. The van der Waals surface area contributed by atoms with E-state index in [-0.39, 0.29) is 5.63 Å². The van der Waals surface area contributed by atoms with E-state index in [1.54, 1.807) is 6.07 Å². The Kier molecular flexibility index (Phi) is 5.18. The lowest BCUT2D eigenvalue weighted by molar-refractivity contribution is 0.309. The smallest absolute Gasteiger partial charge is 0.340 e. The standard InChI is InChI=1S/C16H21NO3/c1-3-5-8-19-14-6-7-15-12(10-14)9-13(11-17-4-2)16(18)20-15/h6-7,9-10,17H,3-5,8,11H2,1-2H3. The van der Waals surface area contributed by atoms with Crippen LogP contribution in [0.2, 0.25) is 0 Å². The number of fused-ring (bicyclic) bond motifs is 1. The third kappa shape index (κ3) is 3.61. The van der Waals surface area contributed by atoms with E-state index in [4.69, 9.17) is 9.15 Å². The molecule has 0 amide bonds. The van der Waals surface area contributed by atoms with E-state index in [0.717, 1.165) is 30.5 Å². The molecule has 0 atom stereocenters. The summed E-state index contributed by atoms with van der Waals surface area (Å²) in [6, 6.07) is 7.42. The average Bonchev–Trinajstić information content (AvgIpc) is 2.45. The van der Waals surface area contributed by atoms with Gasteiger partial charge in [0.05, 0.1) is 12.2 Å². The molecule has 0 unspecified atom stereocenters.